The molecule has 2 rings (SSSR count). The maximum atomic E-state index is 5.85. The van der Waals surface area contributed by atoms with Crippen LogP contribution in [0.3, 0.4) is 0 Å². The Labute approximate surface area is 119 Å². The first-order chi connectivity index (χ1) is 9.65. The fraction of sp³-hybridized carbons (Fsp3) is 0.375. The summed E-state index contributed by atoms with van der Waals surface area (Å²) in [6.45, 7) is 6.07. The van der Waals surface area contributed by atoms with Crippen LogP contribution in [0.15, 0.2) is 40.8 Å². The zero-order chi connectivity index (χ0) is 14.5. The van der Waals surface area contributed by atoms with Crippen LogP contribution < -0.4 is 16.0 Å². The first-order valence-corrected chi connectivity index (χ1v) is 6.96. The molecule has 4 nitrogen and oxygen atoms in total. The van der Waals surface area contributed by atoms with Gasteiger partial charge in [0.2, 0.25) is 0 Å². The van der Waals surface area contributed by atoms with Crippen LogP contribution in [-0.4, -0.2) is 6.10 Å². The highest BCUT2D eigenvalue weighted by Crippen LogP contribution is 2.31. The molecule has 0 aliphatic carbocycles. The highest BCUT2D eigenvalue weighted by Gasteiger charge is 2.20. The molecule has 4 heteroatoms. The molecular formula is C16H22N2O2. The predicted molar refractivity (Wildman–Crippen MR) is 79.5 cm³/mol. The van der Waals surface area contributed by atoms with Crippen LogP contribution in [0, 0.1) is 0 Å². The van der Waals surface area contributed by atoms with E-state index >= 15 is 0 Å². The average molecular weight is 274 g/mol. The summed E-state index contributed by atoms with van der Waals surface area (Å²) in [4.78, 5) is 0. The first kappa shape index (κ1) is 14.6. The molecule has 0 saturated carbocycles. The number of hydrogen-bond acceptors (Lipinski definition) is 4. The molecule has 1 aromatic carbocycles. The highest BCUT2D eigenvalue weighted by molar-refractivity contribution is 5.39. The number of ether oxygens (including phenoxy) is 1. The van der Waals surface area contributed by atoms with Crippen LogP contribution in [0.1, 0.15) is 43.9 Å². The van der Waals surface area contributed by atoms with Gasteiger partial charge in [-0.2, -0.15) is 0 Å². The molecule has 0 radical (unpaired) electrons. The Morgan fingerprint density at radius 2 is 1.95 bits per heavy atom. The van der Waals surface area contributed by atoms with E-state index in [0.29, 0.717) is 0 Å². The monoisotopic (exact) mass is 274 g/mol. The second-order valence-electron chi connectivity index (χ2n) is 4.96. The van der Waals surface area contributed by atoms with Crippen molar-refractivity contribution in [2.75, 3.05) is 0 Å². The van der Waals surface area contributed by atoms with Crippen LogP contribution in [-0.2, 0) is 6.42 Å². The highest BCUT2D eigenvalue weighted by atomic mass is 16.5. The predicted octanol–water partition coefficient (Wildman–Crippen LogP) is 3.18. The largest absolute Gasteiger partial charge is 0.491 e. The van der Waals surface area contributed by atoms with Crippen molar-refractivity contribution in [2.24, 2.45) is 5.84 Å². The van der Waals surface area contributed by atoms with Crippen LogP contribution in [0.4, 0.5) is 0 Å². The van der Waals surface area contributed by atoms with Crippen molar-refractivity contribution >= 4 is 0 Å². The Hall–Kier alpha value is -1.78. The van der Waals surface area contributed by atoms with E-state index in [1.807, 2.05) is 50.2 Å². The van der Waals surface area contributed by atoms with Gasteiger partial charge >= 0.3 is 0 Å². The number of para-hydroxylation sites is 1. The molecule has 20 heavy (non-hydrogen) atoms. The number of nitrogens with one attached hydrogen (secondary N) is 1. The minimum absolute atomic E-state index is 0.109. The molecule has 3 N–H and O–H groups in total. The van der Waals surface area contributed by atoms with Crippen molar-refractivity contribution in [1.29, 1.82) is 0 Å². The van der Waals surface area contributed by atoms with Gasteiger partial charge in [0.25, 0.3) is 0 Å². The summed E-state index contributed by atoms with van der Waals surface area (Å²) in [5.74, 6) is 8.28. The van der Waals surface area contributed by atoms with E-state index in [4.69, 9.17) is 15.0 Å². The number of nitrogens with two attached hydrogens (primary N) is 1. The van der Waals surface area contributed by atoms with E-state index in [9.17, 15) is 0 Å². The lowest BCUT2D eigenvalue weighted by atomic mass is 10.0. The van der Waals surface area contributed by atoms with E-state index in [1.54, 1.807) is 0 Å². The van der Waals surface area contributed by atoms with Crippen LogP contribution in [0.2, 0.25) is 0 Å². The summed E-state index contributed by atoms with van der Waals surface area (Å²) in [7, 11) is 0. The molecule has 2 aromatic rings. The molecule has 0 aliphatic heterocycles. The molecule has 0 bridgehead atoms. The molecule has 1 aromatic heterocycles. The van der Waals surface area contributed by atoms with Gasteiger partial charge in [0.1, 0.15) is 23.3 Å². The normalized spacial score (nSPS) is 12.7. The van der Waals surface area contributed by atoms with Gasteiger partial charge in [-0.1, -0.05) is 25.1 Å². The fourth-order valence-corrected chi connectivity index (χ4v) is 2.15. The Balaban J connectivity index is 2.36. The smallest absolute Gasteiger partial charge is 0.127 e. The minimum atomic E-state index is -0.217. The molecule has 1 heterocycles. The van der Waals surface area contributed by atoms with E-state index in [1.165, 1.54) is 0 Å². The van der Waals surface area contributed by atoms with Crippen molar-refractivity contribution in [3.05, 3.63) is 53.5 Å². The Morgan fingerprint density at radius 1 is 1.20 bits per heavy atom. The van der Waals surface area contributed by atoms with Crippen molar-refractivity contribution in [1.82, 2.24) is 5.43 Å². The molecule has 0 amide bonds. The molecule has 1 atom stereocenters. The molecule has 0 saturated heterocycles. The zero-order valence-corrected chi connectivity index (χ0v) is 12.2. The third kappa shape index (κ3) is 3.21. The average Bonchev–Trinajstić information content (AvgIpc) is 2.90. The number of benzene rings is 1. The maximum absolute atomic E-state index is 5.85. The lowest BCUT2D eigenvalue weighted by Gasteiger charge is -2.19. The number of hydrogen-bond donors (Lipinski definition) is 2. The molecule has 0 spiro atoms. The summed E-state index contributed by atoms with van der Waals surface area (Å²) in [5, 5.41) is 0. The third-order valence-corrected chi connectivity index (χ3v) is 3.07. The lowest BCUT2D eigenvalue weighted by Crippen LogP contribution is -2.29. The number of rotatable bonds is 6. The summed E-state index contributed by atoms with van der Waals surface area (Å²) in [6, 6.07) is 11.6. The van der Waals surface area contributed by atoms with Gasteiger partial charge < -0.3 is 9.15 Å². The molecule has 0 aliphatic rings. The fourth-order valence-electron chi connectivity index (χ4n) is 2.15. The van der Waals surface area contributed by atoms with Crippen LogP contribution >= 0.6 is 0 Å². The number of aryl methyl sites for hydroxylation is 1. The van der Waals surface area contributed by atoms with Crippen molar-refractivity contribution in [3.63, 3.8) is 0 Å². The zero-order valence-electron chi connectivity index (χ0n) is 12.2. The number of hydrazine groups is 1. The van der Waals surface area contributed by atoms with Gasteiger partial charge in [-0.25, -0.2) is 5.43 Å². The summed E-state index contributed by atoms with van der Waals surface area (Å²) < 4.78 is 11.6. The van der Waals surface area contributed by atoms with Crippen molar-refractivity contribution in [2.45, 2.75) is 39.3 Å². The summed E-state index contributed by atoms with van der Waals surface area (Å²) in [5.41, 5.74) is 3.78. The van der Waals surface area contributed by atoms with E-state index in [-0.39, 0.29) is 12.1 Å². The molecule has 108 valence electrons. The third-order valence-electron chi connectivity index (χ3n) is 3.07. The lowest BCUT2D eigenvalue weighted by molar-refractivity contribution is 0.237. The number of furan rings is 1. The van der Waals surface area contributed by atoms with E-state index < -0.39 is 0 Å². The SMILES string of the molecule is CCc1ccc(C(NN)c2ccccc2OC(C)C)o1. The summed E-state index contributed by atoms with van der Waals surface area (Å²) >= 11 is 0. The molecule has 1 unspecified atom stereocenters. The quantitative estimate of drug-likeness (QED) is 0.627. The van der Waals surface area contributed by atoms with E-state index in [2.05, 4.69) is 12.3 Å². The Morgan fingerprint density at radius 3 is 2.55 bits per heavy atom. The van der Waals surface area contributed by atoms with Gasteiger partial charge in [-0.3, -0.25) is 5.84 Å². The van der Waals surface area contributed by atoms with Gasteiger partial charge in [0.15, 0.2) is 0 Å². The molecular weight excluding hydrogens is 252 g/mol. The second kappa shape index (κ2) is 6.59. The van der Waals surface area contributed by atoms with Crippen molar-refractivity contribution in [3.8, 4) is 5.75 Å². The van der Waals surface area contributed by atoms with Gasteiger partial charge in [0.05, 0.1) is 6.10 Å². The van der Waals surface area contributed by atoms with Crippen molar-refractivity contribution < 1.29 is 9.15 Å². The second-order valence-corrected chi connectivity index (χ2v) is 4.96. The van der Waals surface area contributed by atoms with Crippen LogP contribution in [0.25, 0.3) is 0 Å². The molecule has 0 fully saturated rings. The minimum Gasteiger partial charge on any atom is -0.491 e. The van der Waals surface area contributed by atoms with Gasteiger partial charge in [-0.15, -0.1) is 0 Å². The Bertz CT molecular complexity index is 549. The van der Waals surface area contributed by atoms with Gasteiger partial charge in [-0.05, 0) is 32.0 Å². The standard InChI is InChI=1S/C16H22N2O2/c1-4-12-9-10-15(20-12)16(18-17)13-7-5-6-8-14(13)19-11(2)3/h5-11,16,18H,4,17H2,1-3H3. The maximum Gasteiger partial charge on any atom is 0.127 e. The van der Waals surface area contributed by atoms with Crippen LogP contribution in [0.5, 0.6) is 5.75 Å². The summed E-state index contributed by atoms with van der Waals surface area (Å²) in [6.07, 6.45) is 0.971. The first-order valence-electron chi connectivity index (χ1n) is 6.96. The Kier molecular flexibility index (Phi) is 4.82. The topological polar surface area (TPSA) is 60.4 Å². The van der Waals surface area contributed by atoms with E-state index in [0.717, 1.165) is 29.3 Å². The van der Waals surface area contributed by atoms with Gasteiger partial charge in [0, 0.05) is 12.0 Å².